The first-order chi connectivity index (χ1) is 12.1. The number of nitrogens with zero attached hydrogens (tertiary/aromatic N) is 2. The van der Waals surface area contributed by atoms with Crippen molar-refractivity contribution in [1.29, 1.82) is 5.26 Å². The lowest BCUT2D eigenvalue weighted by molar-refractivity contribution is 0.601. The molecule has 5 nitrogen and oxygen atoms in total. The van der Waals surface area contributed by atoms with Gasteiger partial charge in [-0.3, -0.25) is 4.72 Å². The van der Waals surface area contributed by atoms with E-state index in [1.54, 1.807) is 0 Å². The first kappa shape index (κ1) is 15.6. The first-order valence-electron chi connectivity index (χ1n) is 7.38. The number of thiazole rings is 1. The van der Waals surface area contributed by atoms with Crippen LogP contribution < -0.4 is 4.72 Å². The van der Waals surface area contributed by atoms with E-state index >= 15 is 0 Å². The van der Waals surface area contributed by atoms with Gasteiger partial charge in [0.05, 0.1) is 26.7 Å². The van der Waals surface area contributed by atoms with Crippen LogP contribution in [0, 0.1) is 11.3 Å². The summed E-state index contributed by atoms with van der Waals surface area (Å²) in [5.74, 6) is 0. The number of hydrogen-bond donors (Lipinski definition) is 1. The Kier molecular flexibility index (Phi) is 3.64. The average molecular weight is 365 g/mol. The Balaban J connectivity index is 1.74. The quantitative estimate of drug-likeness (QED) is 0.592. The van der Waals surface area contributed by atoms with Gasteiger partial charge < -0.3 is 0 Å². The van der Waals surface area contributed by atoms with Crippen LogP contribution in [0.15, 0.2) is 65.6 Å². The maximum atomic E-state index is 12.5. The topological polar surface area (TPSA) is 82.8 Å². The standard InChI is InChI=1S/C18H11N3O2S2/c19-11-12-5-8-14(9-6-12)25(22,23)21-18-20-17-15-4-2-1-3-13(15)7-10-16(17)24-18/h1-10H,(H,20,21). The molecule has 0 fully saturated rings. The SMILES string of the molecule is N#Cc1ccc(S(=O)(=O)Nc2nc3c(ccc4ccccc43)s2)cc1. The summed E-state index contributed by atoms with van der Waals surface area (Å²) in [5.41, 5.74) is 1.19. The van der Waals surface area contributed by atoms with Crippen LogP contribution in [0.1, 0.15) is 5.56 Å². The van der Waals surface area contributed by atoms with Crippen molar-refractivity contribution in [1.82, 2.24) is 4.98 Å². The zero-order valence-corrected chi connectivity index (χ0v) is 14.4. The number of aromatic nitrogens is 1. The van der Waals surface area contributed by atoms with Crippen LogP contribution in [-0.2, 0) is 10.0 Å². The van der Waals surface area contributed by atoms with E-state index in [1.165, 1.54) is 35.6 Å². The maximum absolute atomic E-state index is 12.5. The summed E-state index contributed by atoms with van der Waals surface area (Å²) in [6.07, 6.45) is 0. The molecule has 0 aliphatic carbocycles. The van der Waals surface area contributed by atoms with Gasteiger partial charge in [-0.1, -0.05) is 41.7 Å². The molecule has 0 aliphatic rings. The van der Waals surface area contributed by atoms with E-state index in [9.17, 15) is 8.42 Å². The predicted molar refractivity (Wildman–Crippen MR) is 99.1 cm³/mol. The second-order valence-electron chi connectivity index (χ2n) is 5.39. The van der Waals surface area contributed by atoms with Crippen molar-refractivity contribution in [3.05, 3.63) is 66.2 Å². The van der Waals surface area contributed by atoms with Gasteiger partial charge in [0.1, 0.15) is 0 Å². The van der Waals surface area contributed by atoms with Crippen LogP contribution in [0.25, 0.3) is 21.0 Å². The van der Waals surface area contributed by atoms with Gasteiger partial charge in [0.2, 0.25) is 0 Å². The minimum Gasteiger partial charge on any atom is -0.255 e. The van der Waals surface area contributed by atoms with Crippen LogP contribution in [0.3, 0.4) is 0 Å². The van der Waals surface area contributed by atoms with Crippen LogP contribution in [0.5, 0.6) is 0 Å². The van der Waals surface area contributed by atoms with Gasteiger partial charge in [0, 0.05) is 5.39 Å². The molecule has 0 amide bonds. The smallest absolute Gasteiger partial charge is 0.255 e. The number of hydrogen-bond acceptors (Lipinski definition) is 5. The molecular formula is C18H11N3O2S2. The van der Waals surface area contributed by atoms with E-state index < -0.39 is 10.0 Å². The molecule has 0 atom stereocenters. The molecular weight excluding hydrogens is 354 g/mol. The summed E-state index contributed by atoms with van der Waals surface area (Å²) in [7, 11) is -3.75. The number of fused-ring (bicyclic) bond motifs is 3. The highest BCUT2D eigenvalue weighted by atomic mass is 32.2. The van der Waals surface area contributed by atoms with Crippen molar-refractivity contribution >= 4 is 47.5 Å². The highest BCUT2D eigenvalue weighted by molar-refractivity contribution is 7.93. The van der Waals surface area contributed by atoms with Gasteiger partial charge in [0.15, 0.2) is 5.13 Å². The lowest BCUT2D eigenvalue weighted by Gasteiger charge is -2.04. The summed E-state index contributed by atoms with van der Waals surface area (Å²) < 4.78 is 28.5. The molecule has 0 spiro atoms. The van der Waals surface area contributed by atoms with Gasteiger partial charge in [-0.2, -0.15) is 5.26 Å². The number of nitrogens with one attached hydrogen (secondary N) is 1. The monoisotopic (exact) mass is 365 g/mol. The fourth-order valence-corrected chi connectivity index (χ4v) is 4.70. The summed E-state index contributed by atoms with van der Waals surface area (Å²) >= 11 is 1.29. The molecule has 25 heavy (non-hydrogen) atoms. The van der Waals surface area contributed by atoms with Crippen LogP contribution in [0.4, 0.5) is 5.13 Å². The largest absolute Gasteiger partial charge is 0.263 e. The second kappa shape index (κ2) is 5.84. The molecule has 4 aromatic rings. The number of anilines is 1. The molecule has 0 radical (unpaired) electrons. The Morgan fingerprint density at radius 1 is 1.00 bits per heavy atom. The highest BCUT2D eigenvalue weighted by Crippen LogP contribution is 2.32. The van der Waals surface area contributed by atoms with E-state index in [2.05, 4.69) is 9.71 Å². The van der Waals surface area contributed by atoms with Gasteiger partial charge in [0.25, 0.3) is 10.0 Å². The fraction of sp³-hybridized carbons (Fsp3) is 0. The molecule has 1 heterocycles. The van der Waals surface area contributed by atoms with Crippen molar-refractivity contribution < 1.29 is 8.42 Å². The minimum atomic E-state index is -3.75. The second-order valence-corrected chi connectivity index (χ2v) is 8.11. The molecule has 0 unspecified atom stereocenters. The van der Waals surface area contributed by atoms with Crippen molar-refractivity contribution in [2.45, 2.75) is 4.90 Å². The van der Waals surface area contributed by atoms with Gasteiger partial charge >= 0.3 is 0 Å². The predicted octanol–water partition coefficient (Wildman–Crippen LogP) is 4.12. The maximum Gasteiger partial charge on any atom is 0.263 e. The Morgan fingerprint density at radius 2 is 1.76 bits per heavy atom. The van der Waals surface area contributed by atoms with Crippen LogP contribution >= 0.6 is 11.3 Å². The third kappa shape index (κ3) is 2.82. The average Bonchev–Trinajstić information content (AvgIpc) is 3.04. The summed E-state index contributed by atoms with van der Waals surface area (Å²) in [4.78, 5) is 4.55. The molecule has 7 heteroatoms. The van der Waals surface area contributed by atoms with Crippen molar-refractivity contribution in [3.63, 3.8) is 0 Å². The van der Waals surface area contributed by atoms with E-state index in [0.29, 0.717) is 10.7 Å². The van der Waals surface area contributed by atoms with E-state index in [0.717, 1.165) is 21.0 Å². The molecule has 0 aliphatic heterocycles. The Hall–Kier alpha value is -2.95. The summed E-state index contributed by atoms with van der Waals surface area (Å²) in [5, 5.41) is 11.2. The van der Waals surface area contributed by atoms with Crippen LogP contribution in [-0.4, -0.2) is 13.4 Å². The highest BCUT2D eigenvalue weighted by Gasteiger charge is 2.17. The Labute approximate surface area is 148 Å². The zero-order valence-electron chi connectivity index (χ0n) is 12.8. The molecule has 0 saturated carbocycles. The van der Waals surface area contributed by atoms with E-state index in [-0.39, 0.29) is 4.90 Å². The van der Waals surface area contributed by atoms with E-state index in [4.69, 9.17) is 5.26 Å². The first-order valence-corrected chi connectivity index (χ1v) is 9.68. The normalized spacial score (nSPS) is 11.5. The molecule has 1 N–H and O–H groups in total. The third-order valence-electron chi connectivity index (χ3n) is 3.80. The molecule has 0 bridgehead atoms. The summed E-state index contributed by atoms with van der Waals surface area (Å²) in [6.45, 7) is 0. The molecule has 3 aromatic carbocycles. The van der Waals surface area contributed by atoms with Gasteiger partial charge in [-0.05, 0) is 35.7 Å². The van der Waals surface area contributed by atoms with Crippen LogP contribution in [0.2, 0.25) is 0 Å². The van der Waals surface area contributed by atoms with E-state index in [1.807, 2.05) is 42.5 Å². The number of benzene rings is 3. The third-order valence-corrected chi connectivity index (χ3v) is 6.22. The Bertz CT molecular complexity index is 1240. The molecule has 1 aromatic heterocycles. The molecule has 0 saturated heterocycles. The fourth-order valence-electron chi connectivity index (χ4n) is 2.59. The Morgan fingerprint density at radius 3 is 2.52 bits per heavy atom. The lowest BCUT2D eigenvalue weighted by Crippen LogP contribution is -2.12. The lowest BCUT2D eigenvalue weighted by atomic mass is 10.1. The molecule has 4 rings (SSSR count). The number of sulfonamides is 1. The number of rotatable bonds is 3. The summed E-state index contributed by atoms with van der Waals surface area (Å²) in [6, 6.07) is 19.5. The van der Waals surface area contributed by atoms with Crippen molar-refractivity contribution in [3.8, 4) is 6.07 Å². The molecule has 122 valence electrons. The van der Waals surface area contributed by atoms with Gasteiger partial charge in [-0.25, -0.2) is 13.4 Å². The van der Waals surface area contributed by atoms with Crippen molar-refractivity contribution in [2.75, 3.05) is 4.72 Å². The zero-order chi connectivity index (χ0) is 17.4. The number of nitriles is 1. The van der Waals surface area contributed by atoms with Gasteiger partial charge in [-0.15, -0.1) is 0 Å². The van der Waals surface area contributed by atoms with Crippen molar-refractivity contribution in [2.24, 2.45) is 0 Å². The minimum absolute atomic E-state index is 0.0932.